The fourth-order valence-electron chi connectivity index (χ4n) is 1.04. The van der Waals surface area contributed by atoms with Gasteiger partial charge in [0.2, 0.25) is 0 Å². The van der Waals surface area contributed by atoms with Gasteiger partial charge in [-0.15, -0.1) is 0 Å². The van der Waals surface area contributed by atoms with Crippen LogP contribution in [0, 0.1) is 0 Å². The van der Waals surface area contributed by atoms with Gasteiger partial charge in [-0.3, -0.25) is 4.68 Å². The molecule has 2 aromatic heterocycles. The van der Waals surface area contributed by atoms with Crippen LogP contribution in [0.25, 0.3) is 11.5 Å². The minimum atomic E-state index is -1.11. The Kier molecular flexibility index (Phi) is 1.81. The third-order valence-corrected chi connectivity index (χ3v) is 1.70. The van der Waals surface area contributed by atoms with Crippen LogP contribution in [0.2, 0.25) is 0 Å². The van der Waals surface area contributed by atoms with Gasteiger partial charge in [-0.05, 0) is 6.07 Å². The van der Waals surface area contributed by atoms with Crippen molar-refractivity contribution in [2.75, 3.05) is 0 Å². The van der Waals surface area contributed by atoms with E-state index in [1.165, 1.54) is 6.07 Å². The van der Waals surface area contributed by atoms with Crippen LogP contribution in [0.4, 0.5) is 0 Å². The van der Waals surface area contributed by atoms with Crippen LogP contribution in [0.3, 0.4) is 0 Å². The van der Waals surface area contributed by atoms with E-state index in [0.29, 0.717) is 11.5 Å². The van der Waals surface area contributed by atoms with E-state index in [1.807, 2.05) is 0 Å². The van der Waals surface area contributed by atoms with Crippen molar-refractivity contribution in [1.29, 1.82) is 0 Å². The van der Waals surface area contributed by atoms with Gasteiger partial charge in [-0.1, -0.05) is 5.16 Å². The highest BCUT2D eigenvalue weighted by molar-refractivity contribution is 5.86. The first-order valence-corrected chi connectivity index (χ1v) is 3.87. The Morgan fingerprint density at radius 1 is 1.64 bits per heavy atom. The third kappa shape index (κ3) is 1.37. The smallest absolute Gasteiger partial charge is 0.358 e. The van der Waals surface area contributed by atoms with E-state index in [0.717, 1.165) is 0 Å². The van der Waals surface area contributed by atoms with E-state index in [4.69, 9.17) is 9.63 Å². The van der Waals surface area contributed by atoms with Crippen molar-refractivity contribution in [3.63, 3.8) is 0 Å². The predicted molar refractivity (Wildman–Crippen MR) is 45.7 cm³/mol. The second-order valence-corrected chi connectivity index (χ2v) is 2.76. The minimum Gasteiger partial charge on any atom is -0.476 e. The van der Waals surface area contributed by atoms with Crippen molar-refractivity contribution in [2.24, 2.45) is 7.05 Å². The standard InChI is InChI=1S/C8H7N3O3/c1-11-3-2-5(9-11)7-4-6(8(12)13)10-14-7/h2-4H,1H3,(H,12,13). The number of aryl methyl sites for hydroxylation is 1. The van der Waals surface area contributed by atoms with Gasteiger partial charge in [-0.2, -0.15) is 5.10 Å². The summed E-state index contributed by atoms with van der Waals surface area (Å²) in [6, 6.07) is 3.05. The molecule has 0 aliphatic rings. The van der Waals surface area contributed by atoms with Crippen LogP contribution in [0.5, 0.6) is 0 Å². The van der Waals surface area contributed by atoms with Gasteiger partial charge in [0.1, 0.15) is 5.69 Å². The lowest BCUT2D eigenvalue weighted by Gasteiger charge is -1.85. The lowest BCUT2D eigenvalue weighted by atomic mass is 10.3. The Morgan fingerprint density at radius 3 is 2.93 bits per heavy atom. The van der Waals surface area contributed by atoms with Crippen LogP contribution in [-0.4, -0.2) is 26.0 Å². The van der Waals surface area contributed by atoms with Crippen molar-refractivity contribution in [1.82, 2.24) is 14.9 Å². The normalized spacial score (nSPS) is 10.4. The molecule has 0 fully saturated rings. The first-order valence-electron chi connectivity index (χ1n) is 3.87. The predicted octanol–water partition coefficient (Wildman–Crippen LogP) is 0.773. The van der Waals surface area contributed by atoms with Crippen molar-refractivity contribution in [3.05, 3.63) is 24.0 Å². The van der Waals surface area contributed by atoms with Crippen molar-refractivity contribution < 1.29 is 14.4 Å². The van der Waals surface area contributed by atoms with Crippen LogP contribution >= 0.6 is 0 Å². The minimum absolute atomic E-state index is 0.120. The molecule has 6 heteroatoms. The highest BCUT2D eigenvalue weighted by atomic mass is 16.5. The number of carbonyl (C=O) groups is 1. The SMILES string of the molecule is Cn1ccc(-c2cc(C(=O)O)no2)n1. The maximum Gasteiger partial charge on any atom is 0.358 e. The Hall–Kier alpha value is -2.11. The number of hydrogen-bond acceptors (Lipinski definition) is 4. The molecule has 0 saturated carbocycles. The molecule has 2 rings (SSSR count). The summed E-state index contributed by atoms with van der Waals surface area (Å²) in [5.74, 6) is -0.765. The van der Waals surface area contributed by atoms with E-state index < -0.39 is 5.97 Å². The molecule has 0 spiro atoms. The number of carboxylic acid groups (broad SMARTS) is 1. The number of nitrogens with zero attached hydrogens (tertiary/aromatic N) is 3. The van der Waals surface area contributed by atoms with E-state index >= 15 is 0 Å². The van der Waals surface area contributed by atoms with Crippen molar-refractivity contribution >= 4 is 5.97 Å². The summed E-state index contributed by atoms with van der Waals surface area (Å²) in [6.45, 7) is 0. The van der Waals surface area contributed by atoms with Crippen LogP contribution in [0.1, 0.15) is 10.5 Å². The molecule has 14 heavy (non-hydrogen) atoms. The van der Waals surface area contributed by atoms with Crippen molar-refractivity contribution in [2.45, 2.75) is 0 Å². The topological polar surface area (TPSA) is 81.2 Å². The fourth-order valence-corrected chi connectivity index (χ4v) is 1.04. The average Bonchev–Trinajstić information content (AvgIpc) is 2.70. The highest BCUT2D eigenvalue weighted by Crippen LogP contribution is 2.17. The number of aromatic carboxylic acids is 1. The molecule has 0 aliphatic carbocycles. The molecule has 0 unspecified atom stereocenters. The van der Waals surface area contributed by atoms with Gasteiger partial charge in [0.05, 0.1) is 0 Å². The van der Waals surface area contributed by atoms with E-state index in [9.17, 15) is 4.79 Å². The lowest BCUT2D eigenvalue weighted by molar-refractivity contribution is 0.0686. The highest BCUT2D eigenvalue weighted by Gasteiger charge is 2.13. The molecule has 0 bridgehead atoms. The lowest BCUT2D eigenvalue weighted by Crippen LogP contribution is -1.94. The molecule has 0 aromatic carbocycles. The zero-order valence-electron chi connectivity index (χ0n) is 7.34. The number of rotatable bonds is 2. The van der Waals surface area contributed by atoms with Gasteiger partial charge in [0.25, 0.3) is 0 Å². The first-order chi connectivity index (χ1) is 6.66. The van der Waals surface area contributed by atoms with Gasteiger partial charge in [0, 0.05) is 19.3 Å². The third-order valence-electron chi connectivity index (χ3n) is 1.70. The molecule has 0 atom stereocenters. The number of carboxylic acids is 1. The Balaban J connectivity index is 2.38. The first kappa shape index (κ1) is 8.49. The molecule has 1 N–H and O–H groups in total. The summed E-state index contributed by atoms with van der Waals surface area (Å²) in [7, 11) is 1.76. The second kappa shape index (κ2) is 2.99. The van der Waals surface area contributed by atoms with Gasteiger partial charge >= 0.3 is 5.97 Å². The zero-order chi connectivity index (χ0) is 10.1. The zero-order valence-corrected chi connectivity index (χ0v) is 7.34. The Morgan fingerprint density at radius 2 is 2.43 bits per heavy atom. The molecule has 6 nitrogen and oxygen atoms in total. The maximum atomic E-state index is 10.5. The number of aromatic nitrogens is 3. The summed E-state index contributed by atoms with van der Waals surface area (Å²) in [6.07, 6.45) is 1.73. The van der Waals surface area contributed by atoms with E-state index in [2.05, 4.69) is 10.3 Å². The molecule has 0 saturated heterocycles. The molecular weight excluding hydrogens is 186 g/mol. The Labute approximate surface area is 78.7 Å². The quantitative estimate of drug-likeness (QED) is 0.761. The van der Waals surface area contributed by atoms with E-state index in [-0.39, 0.29) is 5.69 Å². The molecule has 2 aromatic rings. The molecule has 0 amide bonds. The van der Waals surface area contributed by atoms with Gasteiger partial charge in [-0.25, -0.2) is 4.79 Å². The number of hydrogen-bond donors (Lipinski definition) is 1. The fraction of sp³-hybridized carbons (Fsp3) is 0.125. The summed E-state index contributed by atoms with van der Waals surface area (Å²) < 4.78 is 6.41. The summed E-state index contributed by atoms with van der Waals surface area (Å²) in [4.78, 5) is 10.5. The van der Waals surface area contributed by atoms with Gasteiger partial charge in [0.15, 0.2) is 11.5 Å². The van der Waals surface area contributed by atoms with Crippen LogP contribution in [-0.2, 0) is 7.05 Å². The van der Waals surface area contributed by atoms with Gasteiger partial charge < -0.3 is 9.63 Å². The molecule has 2 heterocycles. The molecular formula is C8H7N3O3. The molecule has 0 aliphatic heterocycles. The summed E-state index contributed by atoms with van der Waals surface area (Å²) >= 11 is 0. The molecule has 72 valence electrons. The second-order valence-electron chi connectivity index (χ2n) is 2.76. The van der Waals surface area contributed by atoms with E-state index in [1.54, 1.807) is 24.0 Å². The average molecular weight is 193 g/mol. The van der Waals surface area contributed by atoms with Crippen LogP contribution in [0.15, 0.2) is 22.9 Å². The Bertz CT molecular complexity index is 472. The van der Waals surface area contributed by atoms with Crippen LogP contribution < -0.4 is 0 Å². The molecule has 0 radical (unpaired) electrons. The maximum absolute atomic E-state index is 10.5. The summed E-state index contributed by atoms with van der Waals surface area (Å²) in [5, 5.41) is 16.0. The monoisotopic (exact) mass is 193 g/mol. The largest absolute Gasteiger partial charge is 0.476 e. The summed E-state index contributed by atoms with van der Waals surface area (Å²) in [5.41, 5.74) is 0.443. The van der Waals surface area contributed by atoms with Crippen molar-refractivity contribution in [3.8, 4) is 11.5 Å².